The fourth-order valence-corrected chi connectivity index (χ4v) is 5.29. The average molecular weight is 338 g/mol. The van der Waals surface area contributed by atoms with Crippen LogP contribution in [-0.2, 0) is 10.2 Å². The Morgan fingerprint density at radius 2 is 1.86 bits per heavy atom. The van der Waals surface area contributed by atoms with Crippen LogP contribution in [0.2, 0.25) is 0 Å². The van der Waals surface area contributed by atoms with Gasteiger partial charge in [-0.15, -0.1) is 11.6 Å². The zero-order valence-electron chi connectivity index (χ0n) is 13.2. The van der Waals surface area contributed by atoms with Crippen LogP contribution in [0.1, 0.15) is 32.6 Å². The van der Waals surface area contributed by atoms with Gasteiger partial charge in [0.2, 0.25) is 0 Å². The van der Waals surface area contributed by atoms with Crippen LogP contribution < -0.4 is 0 Å². The third kappa shape index (κ3) is 4.10. The molecule has 7 heteroatoms. The maximum atomic E-state index is 12.8. The second-order valence-electron chi connectivity index (χ2n) is 6.21. The van der Waals surface area contributed by atoms with Gasteiger partial charge in [0.25, 0.3) is 10.2 Å². The van der Waals surface area contributed by atoms with Gasteiger partial charge in [0, 0.05) is 32.1 Å². The number of hydrogen-bond acceptors (Lipinski definition) is 3. The molecule has 2 aliphatic heterocycles. The molecule has 0 bridgehead atoms. The number of nitrogens with zero attached hydrogens (tertiary/aromatic N) is 3. The van der Waals surface area contributed by atoms with Gasteiger partial charge in [0.15, 0.2) is 0 Å². The van der Waals surface area contributed by atoms with E-state index in [4.69, 9.17) is 11.6 Å². The highest BCUT2D eigenvalue weighted by Crippen LogP contribution is 2.25. The fourth-order valence-electron chi connectivity index (χ4n) is 3.33. The summed E-state index contributed by atoms with van der Waals surface area (Å²) in [7, 11) is -1.60. The third-order valence-corrected chi connectivity index (χ3v) is 7.36. The molecule has 2 rings (SSSR count). The molecule has 1 atom stereocenters. The molecule has 21 heavy (non-hydrogen) atoms. The Kier molecular flexibility index (Phi) is 6.32. The maximum absolute atomic E-state index is 12.8. The van der Waals surface area contributed by atoms with Crippen molar-refractivity contribution in [3.8, 4) is 0 Å². The Hall–Kier alpha value is 0.120. The predicted molar refractivity (Wildman–Crippen MR) is 86.8 cm³/mol. The van der Waals surface area contributed by atoms with E-state index in [-0.39, 0.29) is 6.04 Å². The quantitative estimate of drug-likeness (QED) is 0.716. The minimum atomic E-state index is -3.34. The molecule has 0 spiro atoms. The van der Waals surface area contributed by atoms with Crippen molar-refractivity contribution in [1.29, 1.82) is 0 Å². The zero-order valence-corrected chi connectivity index (χ0v) is 14.7. The van der Waals surface area contributed by atoms with Crippen LogP contribution in [0.4, 0.5) is 0 Å². The van der Waals surface area contributed by atoms with Crippen LogP contribution in [0.5, 0.6) is 0 Å². The van der Waals surface area contributed by atoms with Crippen molar-refractivity contribution in [3.05, 3.63) is 0 Å². The number of hydrogen-bond donors (Lipinski definition) is 0. The second kappa shape index (κ2) is 7.59. The molecule has 0 N–H and O–H groups in total. The fraction of sp³-hybridized carbons (Fsp3) is 1.00. The van der Waals surface area contributed by atoms with E-state index in [9.17, 15) is 8.42 Å². The first-order chi connectivity index (χ1) is 9.98. The third-order valence-electron chi connectivity index (χ3n) is 4.91. The number of halogens is 1. The van der Waals surface area contributed by atoms with Crippen molar-refractivity contribution in [2.75, 3.05) is 45.7 Å². The van der Waals surface area contributed by atoms with Gasteiger partial charge in [0.05, 0.1) is 0 Å². The molecule has 1 unspecified atom stereocenters. The molecule has 0 aromatic rings. The molecule has 2 aliphatic rings. The molecule has 124 valence electrons. The molecule has 0 amide bonds. The first kappa shape index (κ1) is 17.5. The van der Waals surface area contributed by atoms with Crippen molar-refractivity contribution in [2.45, 2.75) is 38.6 Å². The molecule has 0 saturated carbocycles. The summed E-state index contributed by atoms with van der Waals surface area (Å²) in [5.74, 6) is 0.843. The monoisotopic (exact) mass is 337 g/mol. The lowest BCUT2D eigenvalue weighted by Crippen LogP contribution is -2.52. The normalized spacial score (nSPS) is 27.3. The van der Waals surface area contributed by atoms with E-state index in [0.717, 1.165) is 45.3 Å². The molecular formula is C14H28ClN3O2S. The van der Waals surface area contributed by atoms with E-state index in [1.165, 1.54) is 0 Å². The summed E-state index contributed by atoms with van der Waals surface area (Å²) in [5.41, 5.74) is 0. The minimum Gasteiger partial charge on any atom is -0.303 e. The van der Waals surface area contributed by atoms with Crippen molar-refractivity contribution in [1.82, 2.24) is 13.5 Å². The molecular weight excluding hydrogens is 310 g/mol. The van der Waals surface area contributed by atoms with Gasteiger partial charge in [-0.25, -0.2) is 0 Å². The summed E-state index contributed by atoms with van der Waals surface area (Å²) < 4.78 is 28.8. The van der Waals surface area contributed by atoms with E-state index in [0.29, 0.717) is 24.9 Å². The van der Waals surface area contributed by atoms with Gasteiger partial charge in [0.1, 0.15) is 0 Å². The summed E-state index contributed by atoms with van der Waals surface area (Å²) in [6.45, 7) is 6.39. The maximum Gasteiger partial charge on any atom is 0.281 e. The van der Waals surface area contributed by atoms with Crippen LogP contribution in [0, 0.1) is 5.92 Å². The number of rotatable bonds is 5. The molecule has 0 aliphatic carbocycles. The Balaban J connectivity index is 1.98. The molecule has 0 aromatic heterocycles. The van der Waals surface area contributed by atoms with Crippen molar-refractivity contribution in [3.63, 3.8) is 0 Å². The summed E-state index contributed by atoms with van der Waals surface area (Å²) in [4.78, 5) is 2.38. The second-order valence-corrected chi connectivity index (χ2v) is 8.51. The van der Waals surface area contributed by atoms with Gasteiger partial charge in [-0.05, 0) is 51.2 Å². The van der Waals surface area contributed by atoms with Crippen LogP contribution in [0.25, 0.3) is 0 Å². The lowest BCUT2D eigenvalue weighted by Gasteiger charge is -2.39. The standard InChI is InChI=1S/C14H28ClN3O2S/c1-3-17-9-6-14(7-10-17)16(2)21(19,20)18-8-4-5-13(11-15)12-18/h13-14H,3-12H2,1-2H3. The van der Waals surface area contributed by atoms with Crippen molar-refractivity contribution < 1.29 is 8.42 Å². The van der Waals surface area contributed by atoms with E-state index in [1.807, 2.05) is 0 Å². The lowest BCUT2D eigenvalue weighted by atomic mass is 10.0. The van der Waals surface area contributed by atoms with Crippen LogP contribution in [-0.4, -0.2) is 73.6 Å². The summed E-state index contributed by atoms with van der Waals surface area (Å²) in [6.07, 6.45) is 3.81. The molecule has 0 radical (unpaired) electrons. The average Bonchev–Trinajstić information content (AvgIpc) is 2.54. The van der Waals surface area contributed by atoms with E-state index < -0.39 is 10.2 Å². The van der Waals surface area contributed by atoms with E-state index >= 15 is 0 Å². The largest absolute Gasteiger partial charge is 0.303 e. The Morgan fingerprint density at radius 3 is 2.43 bits per heavy atom. The first-order valence-corrected chi connectivity index (χ1v) is 9.93. The highest BCUT2D eigenvalue weighted by atomic mass is 35.5. The van der Waals surface area contributed by atoms with E-state index in [1.54, 1.807) is 15.7 Å². The predicted octanol–water partition coefficient (Wildman–Crippen LogP) is 1.60. The van der Waals surface area contributed by atoms with Crippen LogP contribution in [0.15, 0.2) is 0 Å². The van der Waals surface area contributed by atoms with Crippen LogP contribution >= 0.6 is 11.6 Å². The summed E-state index contributed by atoms with van der Waals surface area (Å²) in [6, 6.07) is 0.133. The van der Waals surface area contributed by atoms with Gasteiger partial charge in [-0.1, -0.05) is 6.92 Å². The minimum absolute atomic E-state index is 0.133. The van der Waals surface area contributed by atoms with Gasteiger partial charge in [-0.2, -0.15) is 17.0 Å². The highest BCUT2D eigenvalue weighted by molar-refractivity contribution is 7.86. The molecule has 2 saturated heterocycles. The highest BCUT2D eigenvalue weighted by Gasteiger charge is 2.35. The number of alkyl halides is 1. The van der Waals surface area contributed by atoms with Crippen molar-refractivity contribution in [2.24, 2.45) is 5.92 Å². The van der Waals surface area contributed by atoms with Crippen molar-refractivity contribution >= 4 is 21.8 Å². The molecule has 5 nitrogen and oxygen atoms in total. The number of likely N-dealkylation sites (tertiary alicyclic amines) is 1. The molecule has 0 aromatic carbocycles. The topological polar surface area (TPSA) is 43.9 Å². The first-order valence-electron chi connectivity index (χ1n) is 8.00. The summed E-state index contributed by atoms with van der Waals surface area (Å²) >= 11 is 5.92. The lowest BCUT2D eigenvalue weighted by molar-refractivity contribution is 0.167. The Labute approximate surface area is 134 Å². The smallest absolute Gasteiger partial charge is 0.281 e. The van der Waals surface area contributed by atoms with Crippen LogP contribution in [0.3, 0.4) is 0 Å². The molecule has 2 heterocycles. The SMILES string of the molecule is CCN1CCC(N(C)S(=O)(=O)N2CCCC(CCl)C2)CC1. The summed E-state index contributed by atoms with van der Waals surface area (Å²) in [5, 5.41) is 0. The van der Waals surface area contributed by atoms with Gasteiger partial charge in [-0.3, -0.25) is 0 Å². The number of piperidine rings is 2. The van der Waals surface area contributed by atoms with Gasteiger partial charge >= 0.3 is 0 Å². The van der Waals surface area contributed by atoms with Gasteiger partial charge < -0.3 is 4.90 Å². The Morgan fingerprint density at radius 1 is 1.19 bits per heavy atom. The zero-order chi connectivity index (χ0) is 15.5. The van der Waals surface area contributed by atoms with E-state index in [2.05, 4.69) is 11.8 Å². The molecule has 2 fully saturated rings. The Bertz CT molecular complexity index is 424.